The molecule has 7 heteroatoms. The zero-order valence-electron chi connectivity index (χ0n) is 15.6. The molecule has 2 aromatic rings. The minimum absolute atomic E-state index is 0.571. The number of carboxylic acid groups (broad SMARTS) is 1. The maximum absolute atomic E-state index is 10.4. The number of benzene rings is 2. The number of ether oxygens (including phenoxy) is 4. The fraction of sp³-hybridized carbons (Fsp3) is 0.200. The second kappa shape index (κ2) is 11.2. The highest BCUT2D eigenvalue weighted by Gasteiger charge is 2.03. The first-order valence-corrected chi connectivity index (χ1v) is 7.79. The van der Waals surface area contributed by atoms with E-state index in [9.17, 15) is 9.59 Å². The predicted octanol–water partition coefficient (Wildman–Crippen LogP) is 3.32. The first-order chi connectivity index (χ1) is 13.0. The van der Waals surface area contributed by atoms with Gasteiger partial charge in [-0.1, -0.05) is 6.07 Å². The van der Waals surface area contributed by atoms with Crippen molar-refractivity contribution in [1.82, 2.24) is 0 Å². The fourth-order valence-corrected chi connectivity index (χ4v) is 2.05. The van der Waals surface area contributed by atoms with Gasteiger partial charge in [0.25, 0.3) is 0 Å². The van der Waals surface area contributed by atoms with Crippen LogP contribution in [0.5, 0.6) is 23.0 Å². The van der Waals surface area contributed by atoms with Crippen molar-refractivity contribution in [1.29, 1.82) is 0 Å². The van der Waals surface area contributed by atoms with Gasteiger partial charge >= 0.3 is 5.97 Å². The lowest BCUT2D eigenvalue weighted by molar-refractivity contribution is -0.131. The second-order valence-electron chi connectivity index (χ2n) is 5.02. The van der Waals surface area contributed by atoms with Crippen molar-refractivity contribution in [2.24, 2.45) is 0 Å². The van der Waals surface area contributed by atoms with E-state index in [4.69, 9.17) is 24.1 Å². The van der Waals surface area contributed by atoms with Crippen molar-refractivity contribution in [3.63, 3.8) is 0 Å². The third-order valence-corrected chi connectivity index (χ3v) is 3.37. The molecule has 0 aliphatic carbocycles. The molecule has 0 amide bonds. The van der Waals surface area contributed by atoms with Gasteiger partial charge in [0, 0.05) is 11.6 Å². The average molecular weight is 374 g/mol. The molecule has 7 nitrogen and oxygen atoms in total. The number of hydrogen-bond acceptors (Lipinski definition) is 6. The van der Waals surface area contributed by atoms with Gasteiger partial charge < -0.3 is 24.1 Å². The smallest absolute Gasteiger partial charge is 0.328 e. The Bertz CT molecular complexity index is 797. The Hall–Kier alpha value is -3.48. The maximum Gasteiger partial charge on any atom is 0.328 e. The monoisotopic (exact) mass is 374 g/mol. The summed E-state index contributed by atoms with van der Waals surface area (Å²) in [6.45, 7) is 0. The highest BCUT2D eigenvalue weighted by Crippen LogP contribution is 2.28. The van der Waals surface area contributed by atoms with Crippen molar-refractivity contribution in [3.05, 3.63) is 53.6 Å². The lowest BCUT2D eigenvalue weighted by Gasteiger charge is -2.07. The largest absolute Gasteiger partial charge is 0.493 e. The van der Waals surface area contributed by atoms with Crippen LogP contribution in [0.1, 0.15) is 15.9 Å². The summed E-state index contributed by atoms with van der Waals surface area (Å²) >= 11 is 0. The summed E-state index contributed by atoms with van der Waals surface area (Å²) in [4.78, 5) is 20.7. The summed E-state index contributed by atoms with van der Waals surface area (Å²) in [5.41, 5.74) is 1.32. The van der Waals surface area contributed by atoms with E-state index in [1.165, 1.54) is 20.3 Å². The molecule has 144 valence electrons. The van der Waals surface area contributed by atoms with Gasteiger partial charge in [-0.3, -0.25) is 4.79 Å². The third-order valence-electron chi connectivity index (χ3n) is 3.37. The van der Waals surface area contributed by atoms with E-state index in [2.05, 4.69) is 0 Å². The molecule has 1 N–H and O–H groups in total. The molecular weight excluding hydrogens is 352 g/mol. The highest BCUT2D eigenvalue weighted by atomic mass is 16.5. The summed E-state index contributed by atoms with van der Waals surface area (Å²) in [6.07, 6.45) is 3.33. The third kappa shape index (κ3) is 6.74. The molecule has 2 aromatic carbocycles. The molecule has 0 aromatic heterocycles. The Kier molecular flexibility index (Phi) is 8.94. The van der Waals surface area contributed by atoms with Gasteiger partial charge in [-0.05, 0) is 42.0 Å². The SMILES string of the molecule is COc1ccc(C=CC(=O)O)cc1OC.COc1ccc(C=O)cc1OC. The summed E-state index contributed by atoms with van der Waals surface area (Å²) in [7, 11) is 6.16. The van der Waals surface area contributed by atoms with Crippen LogP contribution in [0, 0.1) is 0 Å². The summed E-state index contributed by atoms with van der Waals surface area (Å²) < 4.78 is 20.1. The molecule has 0 spiro atoms. The molecule has 0 unspecified atom stereocenters. The van der Waals surface area contributed by atoms with Crippen LogP contribution in [-0.4, -0.2) is 45.8 Å². The maximum atomic E-state index is 10.4. The van der Waals surface area contributed by atoms with Crippen molar-refractivity contribution >= 4 is 18.3 Å². The first kappa shape index (κ1) is 21.6. The Morgan fingerprint density at radius 2 is 1.22 bits per heavy atom. The normalized spacial score (nSPS) is 9.78. The van der Waals surface area contributed by atoms with E-state index in [-0.39, 0.29) is 0 Å². The van der Waals surface area contributed by atoms with E-state index in [1.807, 2.05) is 0 Å². The molecule has 0 radical (unpaired) electrons. The molecule has 0 saturated heterocycles. The zero-order chi connectivity index (χ0) is 20.2. The molecule has 0 aliphatic rings. The molecule has 0 atom stereocenters. The van der Waals surface area contributed by atoms with E-state index >= 15 is 0 Å². The molecule has 27 heavy (non-hydrogen) atoms. The van der Waals surface area contributed by atoms with E-state index < -0.39 is 5.97 Å². The van der Waals surface area contributed by atoms with Crippen LogP contribution < -0.4 is 18.9 Å². The fourth-order valence-electron chi connectivity index (χ4n) is 2.05. The summed E-state index contributed by atoms with van der Waals surface area (Å²) in [6, 6.07) is 10.2. The van der Waals surface area contributed by atoms with Crippen LogP contribution in [0.4, 0.5) is 0 Å². The van der Waals surface area contributed by atoms with Crippen molar-refractivity contribution in [2.45, 2.75) is 0 Å². The van der Waals surface area contributed by atoms with Gasteiger partial charge in [0.15, 0.2) is 23.0 Å². The Morgan fingerprint density at radius 3 is 1.63 bits per heavy atom. The predicted molar refractivity (Wildman–Crippen MR) is 101 cm³/mol. The molecule has 0 fully saturated rings. The van der Waals surface area contributed by atoms with Crippen molar-refractivity contribution < 1.29 is 33.6 Å². The van der Waals surface area contributed by atoms with Crippen LogP contribution in [0.2, 0.25) is 0 Å². The topological polar surface area (TPSA) is 91.3 Å². The number of carbonyl (C=O) groups excluding carboxylic acids is 1. The number of carboxylic acids is 1. The van der Waals surface area contributed by atoms with Crippen LogP contribution in [0.15, 0.2) is 42.5 Å². The second-order valence-corrected chi connectivity index (χ2v) is 5.02. The van der Waals surface area contributed by atoms with E-state index in [1.54, 1.807) is 50.6 Å². The Labute approximate surface area is 157 Å². The van der Waals surface area contributed by atoms with Crippen molar-refractivity contribution in [3.8, 4) is 23.0 Å². The summed E-state index contributed by atoms with van der Waals surface area (Å²) in [5.74, 6) is 1.41. The van der Waals surface area contributed by atoms with Crippen LogP contribution in [0.3, 0.4) is 0 Å². The van der Waals surface area contributed by atoms with Crippen LogP contribution in [-0.2, 0) is 4.79 Å². The lowest BCUT2D eigenvalue weighted by atomic mass is 10.2. The van der Waals surface area contributed by atoms with Crippen molar-refractivity contribution in [2.75, 3.05) is 28.4 Å². The molecule has 0 heterocycles. The molecular formula is C20H22O7. The molecule has 0 bridgehead atoms. The van der Waals surface area contributed by atoms with E-state index in [0.29, 0.717) is 28.6 Å². The lowest BCUT2D eigenvalue weighted by Crippen LogP contribution is -1.91. The van der Waals surface area contributed by atoms with Gasteiger partial charge in [0.05, 0.1) is 28.4 Å². The zero-order valence-corrected chi connectivity index (χ0v) is 15.6. The average Bonchev–Trinajstić information content (AvgIpc) is 2.71. The van der Waals surface area contributed by atoms with Gasteiger partial charge in [-0.2, -0.15) is 0 Å². The summed E-state index contributed by atoms with van der Waals surface area (Å²) in [5, 5.41) is 8.46. The van der Waals surface area contributed by atoms with Gasteiger partial charge in [0.2, 0.25) is 0 Å². The number of methoxy groups -OCH3 is 4. The Morgan fingerprint density at radius 1 is 0.778 bits per heavy atom. The standard InChI is InChI=1S/C11H12O4.C9H10O3/c1-14-9-5-3-8(4-6-11(12)13)7-10(9)15-2;1-11-8-4-3-7(6-10)5-9(8)12-2/h3-7H,1-2H3,(H,12,13);3-6H,1-2H3. The van der Waals surface area contributed by atoms with Gasteiger partial charge in [-0.15, -0.1) is 0 Å². The highest BCUT2D eigenvalue weighted by molar-refractivity contribution is 5.85. The minimum Gasteiger partial charge on any atom is -0.493 e. The van der Waals surface area contributed by atoms with Crippen LogP contribution >= 0.6 is 0 Å². The number of aliphatic carboxylic acids is 1. The number of hydrogen-bond donors (Lipinski definition) is 1. The molecule has 0 saturated carbocycles. The molecule has 0 aliphatic heterocycles. The number of aldehydes is 1. The number of carbonyl (C=O) groups is 2. The first-order valence-electron chi connectivity index (χ1n) is 7.79. The minimum atomic E-state index is -0.982. The van der Waals surface area contributed by atoms with Gasteiger partial charge in [0.1, 0.15) is 6.29 Å². The van der Waals surface area contributed by atoms with Gasteiger partial charge in [-0.25, -0.2) is 4.79 Å². The van der Waals surface area contributed by atoms with Crippen LogP contribution in [0.25, 0.3) is 6.08 Å². The number of rotatable bonds is 7. The van der Waals surface area contributed by atoms with E-state index in [0.717, 1.165) is 17.9 Å². The quantitative estimate of drug-likeness (QED) is 0.587. The Balaban J connectivity index is 0.000000277. The molecule has 2 rings (SSSR count).